The van der Waals surface area contributed by atoms with Gasteiger partial charge in [0.1, 0.15) is 0 Å². The molecule has 0 bridgehead atoms. The predicted molar refractivity (Wildman–Crippen MR) is 61.8 cm³/mol. The highest BCUT2D eigenvalue weighted by Crippen LogP contribution is 2.44. The zero-order chi connectivity index (χ0) is 11.1. The minimum absolute atomic E-state index is 0.403. The van der Waals surface area contributed by atoms with Crippen molar-refractivity contribution in [2.45, 2.75) is 64.7 Å². The van der Waals surface area contributed by atoms with E-state index in [1.165, 1.54) is 51.4 Å². The van der Waals surface area contributed by atoms with E-state index in [0.29, 0.717) is 12.3 Å². The van der Waals surface area contributed by atoms with Gasteiger partial charge in [-0.05, 0) is 18.3 Å². The molecule has 1 fully saturated rings. The van der Waals surface area contributed by atoms with Crippen LogP contribution in [0.3, 0.4) is 0 Å². The molecule has 0 aromatic carbocycles. The third kappa shape index (κ3) is 5.81. The van der Waals surface area contributed by atoms with Crippen molar-refractivity contribution in [3.63, 3.8) is 0 Å². The fourth-order valence-electron chi connectivity index (χ4n) is 2.33. The second-order valence-corrected chi connectivity index (χ2v) is 4.91. The maximum Gasteiger partial charge on any atom is 0.303 e. The lowest BCUT2D eigenvalue weighted by atomic mass is 10.1. The number of carboxylic acid groups (broad SMARTS) is 1. The zero-order valence-corrected chi connectivity index (χ0v) is 9.87. The Bertz CT molecular complexity index is 189. The smallest absolute Gasteiger partial charge is 0.303 e. The van der Waals surface area contributed by atoms with Gasteiger partial charge in [-0.15, -0.1) is 0 Å². The number of unbranched alkanes of at least 4 members (excludes halogenated alkanes) is 5. The molecule has 0 aromatic rings. The fourth-order valence-corrected chi connectivity index (χ4v) is 2.33. The maximum atomic E-state index is 10.4. The van der Waals surface area contributed by atoms with Crippen LogP contribution in [0.4, 0.5) is 0 Å². The van der Waals surface area contributed by atoms with E-state index in [9.17, 15) is 4.79 Å². The number of carboxylic acids is 1. The van der Waals surface area contributed by atoms with E-state index in [2.05, 4.69) is 6.92 Å². The lowest BCUT2D eigenvalue weighted by Crippen LogP contribution is -1.96. The molecule has 0 saturated heterocycles. The van der Waals surface area contributed by atoms with Gasteiger partial charge in [0.25, 0.3) is 0 Å². The van der Waals surface area contributed by atoms with Gasteiger partial charge in [-0.3, -0.25) is 4.79 Å². The third-order valence-electron chi connectivity index (χ3n) is 3.43. The molecule has 1 saturated carbocycles. The Kier molecular flexibility index (Phi) is 5.74. The van der Waals surface area contributed by atoms with E-state index in [1.807, 2.05) is 0 Å². The van der Waals surface area contributed by atoms with Crippen molar-refractivity contribution in [3.8, 4) is 0 Å². The largest absolute Gasteiger partial charge is 0.481 e. The Hall–Kier alpha value is -0.530. The van der Waals surface area contributed by atoms with Crippen LogP contribution in [0.2, 0.25) is 0 Å². The molecule has 2 nitrogen and oxygen atoms in total. The highest BCUT2D eigenvalue weighted by Gasteiger charge is 2.37. The van der Waals surface area contributed by atoms with Crippen molar-refractivity contribution in [1.82, 2.24) is 0 Å². The van der Waals surface area contributed by atoms with Crippen LogP contribution in [0.5, 0.6) is 0 Å². The number of carbonyl (C=O) groups is 1. The average Bonchev–Trinajstić information content (AvgIpc) is 2.89. The molecule has 15 heavy (non-hydrogen) atoms. The first-order valence-electron chi connectivity index (χ1n) is 6.45. The first-order chi connectivity index (χ1) is 7.24. The van der Waals surface area contributed by atoms with Gasteiger partial charge in [0.2, 0.25) is 0 Å². The topological polar surface area (TPSA) is 37.3 Å². The molecule has 1 rings (SSSR count). The highest BCUT2D eigenvalue weighted by atomic mass is 16.4. The summed E-state index contributed by atoms with van der Waals surface area (Å²) < 4.78 is 0. The Morgan fingerprint density at radius 3 is 2.47 bits per heavy atom. The summed E-state index contributed by atoms with van der Waals surface area (Å²) in [5, 5.41) is 8.61. The van der Waals surface area contributed by atoms with E-state index >= 15 is 0 Å². The van der Waals surface area contributed by atoms with Crippen molar-refractivity contribution in [2.75, 3.05) is 0 Å². The molecular weight excluding hydrogens is 188 g/mol. The van der Waals surface area contributed by atoms with Crippen molar-refractivity contribution in [2.24, 2.45) is 11.8 Å². The van der Waals surface area contributed by atoms with Gasteiger partial charge in [-0.1, -0.05) is 51.9 Å². The van der Waals surface area contributed by atoms with Crippen LogP contribution >= 0.6 is 0 Å². The van der Waals surface area contributed by atoms with E-state index in [0.717, 1.165) is 5.92 Å². The van der Waals surface area contributed by atoms with Crippen molar-refractivity contribution >= 4 is 5.97 Å². The van der Waals surface area contributed by atoms with Crippen molar-refractivity contribution in [3.05, 3.63) is 0 Å². The van der Waals surface area contributed by atoms with Gasteiger partial charge in [0, 0.05) is 6.42 Å². The number of rotatable bonds is 9. The lowest BCUT2D eigenvalue weighted by Gasteiger charge is -2.00. The van der Waals surface area contributed by atoms with Crippen LogP contribution < -0.4 is 0 Å². The van der Waals surface area contributed by atoms with E-state index in [-0.39, 0.29) is 0 Å². The molecule has 0 aliphatic heterocycles. The Balaban J connectivity index is 1.84. The van der Waals surface area contributed by atoms with Crippen LogP contribution in [-0.4, -0.2) is 11.1 Å². The molecule has 0 heterocycles. The molecular formula is C13H24O2. The summed E-state index contributed by atoms with van der Waals surface area (Å²) >= 11 is 0. The van der Waals surface area contributed by atoms with Crippen molar-refractivity contribution < 1.29 is 9.90 Å². The summed E-state index contributed by atoms with van der Waals surface area (Å²) in [6.07, 6.45) is 10.9. The summed E-state index contributed by atoms with van der Waals surface area (Å²) in [4.78, 5) is 10.4. The predicted octanol–water partition coefficient (Wildman–Crippen LogP) is 3.85. The third-order valence-corrected chi connectivity index (χ3v) is 3.43. The Morgan fingerprint density at radius 1 is 1.13 bits per heavy atom. The summed E-state index contributed by atoms with van der Waals surface area (Å²) in [5.41, 5.74) is 0. The van der Waals surface area contributed by atoms with E-state index in [4.69, 9.17) is 5.11 Å². The number of hydrogen-bond acceptors (Lipinski definition) is 1. The molecule has 0 radical (unpaired) electrons. The van der Waals surface area contributed by atoms with Gasteiger partial charge in [-0.25, -0.2) is 0 Å². The second kappa shape index (κ2) is 6.86. The van der Waals surface area contributed by atoms with Crippen LogP contribution in [0.25, 0.3) is 0 Å². The first-order valence-corrected chi connectivity index (χ1v) is 6.45. The average molecular weight is 212 g/mol. The summed E-state index contributed by atoms with van der Waals surface area (Å²) in [6.45, 7) is 2.24. The summed E-state index contributed by atoms with van der Waals surface area (Å²) in [6, 6.07) is 0. The number of hydrogen-bond donors (Lipinski definition) is 1. The van der Waals surface area contributed by atoms with Crippen LogP contribution in [0, 0.1) is 11.8 Å². The van der Waals surface area contributed by atoms with Gasteiger partial charge < -0.3 is 5.11 Å². The molecule has 1 aliphatic carbocycles. The van der Waals surface area contributed by atoms with E-state index < -0.39 is 5.97 Å². The lowest BCUT2D eigenvalue weighted by molar-refractivity contribution is -0.137. The van der Waals surface area contributed by atoms with Crippen LogP contribution in [-0.2, 0) is 4.79 Å². The van der Waals surface area contributed by atoms with Crippen LogP contribution in [0.15, 0.2) is 0 Å². The van der Waals surface area contributed by atoms with Crippen LogP contribution in [0.1, 0.15) is 64.7 Å². The molecule has 2 heteroatoms. The SMILES string of the molecule is CCCCCCCCC1CC1CC(=O)O. The monoisotopic (exact) mass is 212 g/mol. The van der Waals surface area contributed by atoms with E-state index in [1.54, 1.807) is 0 Å². The molecule has 88 valence electrons. The zero-order valence-electron chi connectivity index (χ0n) is 9.87. The molecule has 2 unspecified atom stereocenters. The first kappa shape index (κ1) is 12.5. The van der Waals surface area contributed by atoms with Gasteiger partial charge in [0.05, 0.1) is 0 Å². The Morgan fingerprint density at radius 2 is 1.80 bits per heavy atom. The summed E-state index contributed by atoms with van der Waals surface area (Å²) in [5.74, 6) is 0.635. The molecule has 1 N–H and O–H groups in total. The fraction of sp³-hybridized carbons (Fsp3) is 0.923. The molecule has 0 spiro atoms. The number of aliphatic carboxylic acids is 1. The minimum Gasteiger partial charge on any atom is -0.481 e. The molecule has 2 atom stereocenters. The molecule has 0 amide bonds. The minimum atomic E-state index is -0.620. The van der Waals surface area contributed by atoms with Gasteiger partial charge in [-0.2, -0.15) is 0 Å². The quantitative estimate of drug-likeness (QED) is 0.589. The maximum absolute atomic E-state index is 10.4. The molecule has 1 aliphatic rings. The highest BCUT2D eigenvalue weighted by molar-refractivity contribution is 5.67. The van der Waals surface area contributed by atoms with Crippen molar-refractivity contribution in [1.29, 1.82) is 0 Å². The summed E-state index contributed by atoms with van der Waals surface area (Å²) in [7, 11) is 0. The normalized spacial score (nSPS) is 24.1. The van der Waals surface area contributed by atoms with Gasteiger partial charge >= 0.3 is 5.97 Å². The van der Waals surface area contributed by atoms with Gasteiger partial charge in [0.15, 0.2) is 0 Å². The second-order valence-electron chi connectivity index (χ2n) is 4.91. The standard InChI is InChI=1S/C13H24O2/c1-2-3-4-5-6-7-8-11-9-12(11)10-13(14)15/h11-12H,2-10H2,1H3,(H,14,15). The Labute approximate surface area is 93.1 Å². The molecule has 0 aromatic heterocycles.